The SMILES string of the molecule is CN(CCOC(=O)C1=C(c2ccccc2)NC2=C(C1c1ccccc1Cl)S(=O)(=O)CCCC2)Cc1cccs1. The highest BCUT2D eigenvalue weighted by atomic mass is 35.5. The fraction of sp³-hybridized carbons (Fsp3) is 0.300. The van der Waals surface area contributed by atoms with E-state index in [9.17, 15) is 13.2 Å². The fourth-order valence-corrected chi connectivity index (χ4v) is 8.13. The number of halogens is 1. The van der Waals surface area contributed by atoms with Crippen molar-refractivity contribution in [3.8, 4) is 0 Å². The van der Waals surface area contributed by atoms with Crippen molar-refractivity contribution in [1.29, 1.82) is 0 Å². The third kappa shape index (κ3) is 6.14. The van der Waals surface area contributed by atoms with Crippen LogP contribution in [0.15, 0.2) is 88.3 Å². The van der Waals surface area contributed by atoms with Gasteiger partial charge in [0.2, 0.25) is 0 Å². The van der Waals surface area contributed by atoms with Crippen LogP contribution in [-0.2, 0) is 25.9 Å². The molecule has 2 aliphatic heterocycles. The van der Waals surface area contributed by atoms with Gasteiger partial charge < -0.3 is 10.1 Å². The van der Waals surface area contributed by atoms with E-state index in [0.717, 1.165) is 18.5 Å². The summed E-state index contributed by atoms with van der Waals surface area (Å²) >= 11 is 8.37. The molecule has 0 amide bonds. The van der Waals surface area contributed by atoms with Gasteiger partial charge in [0.25, 0.3) is 0 Å². The fourth-order valence-electron chi connectivity index (χ4n) is 5.16. The Hall–Kier alpha value is -2.91. The van der Waals surface area contributed by atoms with Gasteiger partial charge in [0.1, 0.15) is 6.61 Å². The summed E-state index contributed by atoms with van der Waals surface area (Å²) in [7, 11) is -1.68. The summed E-state index contributed by atoms with van der Waals surface area (Å²) in [4.78, 5) is 17.5. The van der Waals surface area contributed by atoms with E-state index in [4.69, 9.17) is 16.3 Å². The van der Waals surface area contributed by atoms with Gasteiger partial charge in [0.05, 0.1) is 27.8 Å². The highest BCUT2D eigenvalue weighted by Gasteiger charge is 2.43. The number of sulfone groups is 1. The second-order valence-electron chi connectivity index (χ2n) is 9.81. The topological polar surface area (TPSA) is 75.7 Å². The molecule has 0 saturated carbocycles. The monoisotopic (exact) mass is 582 g/mol. The van der Waals surface area contributed by atoms with Crippen LogP contribution in [0.2, 0.25) is 5.02 Å². The third-order valence-electron chi connectivity index (χ3n) is 7.03. The first-order valence-electron chi connectivity index (χ1n) is 13.0. The number of likely N-dealkylation sites (N-methyl/N-ethyl adjacent to an activating group) is 1. The van der Waals surface area contributed by atoms with E-state index >= 15 is 0 Å². The Morgan fingerprint density at radius 1 is 1.08 bits per heavy atom. The van der Waals surface area contributed by atoms with Crippen molar-refractivity contribution in [1.82, 2.24) is 10.2 Å². The average Bonchev–Trinajstić information content (AvgIpc) is 3.38. The molecule has 9 heteroatoms. The first-order chi connectivity index (χ1) is 18.8. The standard InChI is InChI=1S/C30H31ClN2O4S2/c1-33(20-22-12-9-18-38-22)16-17-37-30(34)27-26(23-13-5-6-14-24(23)31)29-25(15-7-8-19-39(29,35)36)32-28(27)21-10-3-2-4-11-21/h2-6,9-14,18,26,32H,7-8,15-17,19-20H2,1H3. The Morgan fingerprint density at radius 3 is 2.59 bits per heavy atom. The quantitative estimate of drug-likeness (QED) is 0.329. The van der Waals surface area contributed by atoms with Gasteiger partial charge in [0, 0.05) is 28.7 Å². The molecule has 1 N–H and O–H groups in total. The van der Waals surface area contributed by atoms with Crippen LogP contribution in [0.5, 0.6) is 0 Å². The number of nitrogens with one attached hydrogen (secondary N) is 1. The maximum atomic E-state index is 13.9. The van der Waals surface area contributed by atoms with Gasteiger partial charge in [-0.3, -0.25) is 4.90 Å². The molecule has 0 fully saturated rings. The largest absolute Gasteiger partial charge is 0.461 e. The van der Waals surface area contributed by atoms with E-state index in [-0.39, 0.29) is 22.8 Å². The highest BCUT2D eigenvalue weighted by Crippen LogP contribution is 2.47. The van der Waals surface area contributed by atoms with Crippen LogP contribution in [0.4, 0.5) is 0 Å². The van der Waals surface area contributed by atoms with Crippen molar-refractivity contribution in [3.05, 3.63) is 109 Å². The molecule has 0 spiro atoms. The zero-order chi connectivity index (χ0) is 27.4. The van der Waals surface area contributed by atoms with E-state index in [1.165, 1.54) is 4.88 Å². The lowest BCUT2D eigenvalue weighted by Crippen LogP contribution is -2.33. The van der Waals surface area contributed by atoms with Gasteiger partial charge >= 0.3 is 5.97 Å². The highest BCUT2D eigenvalue weighted by molar-refractivity contribution is 7.95. The molecule has 2 aromatic carbocycles. The summed E-state index contributed by atoms with van der Waals surface area (Å²) in [5.41, 5.74) is 2.81. The predicted octanol–water partition coefficient (Wildman–Crippen LogP) is 5.99. The molecule has 3 heterocycles. The molecule has 0 aliphatic carbocycles. The van der Waals surface area contributed by atoms with Crippen molar-refractivity contribution in [2.75, 3.05) is 26.0 Å². The lowest BCUT2D eigenvalue weighted by Gasteiger charge is -2.33. The van der Waals surface area contributed by atoms with E-state index in [1.54, 1.807) is 29.5 Å². The lowest BCUT2D eigenvalue weighted by atomic mass is 9.84. The Labute approximate surface area is 238 Å². The van der Waals surface area contributed by atoms with E-state index in [2.05, 4.69) is 16.3 Å². The number of dihydropyridines is 1. The molecule has 0 saturated heterocycles. The number of hydrogen-bond acceptors (Lipinski definition) is 7. The summed E-state index contributed by atoms with van der Waals surface area (Å²) in [6.45, 7) is 1.46. The Balaban J connectivity index is 1.56. The van der Waals surface area contributed by atoms with Crippen LogP contribution >= 0.6 is 22.9 Å². The number of benzene rings is 2. The number of carbonyl (C=O) groups is 1. The van der Waals surface area contributed by atoms with Crippen LogP contribution in [-0.4, -0.2) is 45.2 Å². The molecule has 204 valence electrons. The van der Waals surface area contributed by atoms with Crippen molar-refractivity contribution in [2.24, 2.45) is 0 Å². The number of rotatable bonds is 8. The number of thiophene rings is 1. The van der Waals surface area contributed by atoms with Crippen molar-refractivity contribution < 1.29 is 17.9 Å². The number of carbonyl (C=O) groups excluding carboxylic acids is 1. The Morgan fingerprint density at radius 2 is 1.85 bits per heavy atom. The lowest BCUT2D eigenvalue weighted by molar-refractivity contribution is -0.139. The van der Waals surface area contributed by atoms with Crippen molar-refractivity contribution >= 4 is 44.4 Å². The number of ether oxygens (including phenoxy) is 1. The summed E-state index contributed by atoms with van der Waals surface area (Å²) in [5.74, 6) is -1.39. The van der Waals surface area contributed by atoms with Crippen molar-refractivity contribution in [3.63, 3.8) is 0 Å². The smallest absolute Gasteiger partial charge is 0.337 e. The van der Waals surface area contributed by atoms with Crippen molar-refractivity contribution in [2.45, 2.75) is 31.7 Å². The summed E-state index contributed by atoms with van der Waals surface area (Å²) in [6.07, 6.45) is 1.86. The van der Waals surface area contributed by atoms with Crippen LogP contribution in [0.1, 0.15) is 41.2 Å². The first kappa shape index (κ1) is 27.6. The van der Waals surface area contributed by atoms with Gasteiger partial charge in [-0.25, -0.2) is 13.2 Å². The van der Waals surface area contributed by atoms with Crippen LogP contribution < -0.4 is 5.32 Å². The predicted molar refractivity (Wildman–Crippen MR) is 157 cm³/mol. The van der Waals surface area contributed by atoms with Gasteiger partial charge in [-0.05, 0) is 54.9 Å². The minimum absolute atomic E-state index is 0.0327. The number of hydrogen-bond donors (Lipinski definition) is 1. The minimum Gasteiger partial charge on any atom is -0.461 e. The zero-order valence-electron chi connectivity index (χ0n) is 21.7. The molecule has 39 heavy (non-hydrogen) atoms. The van der Waals surface area contributed by atoms with E-state index in [0.29, 0.717) is 41.4 Å². The molecule has 5 rings (SSSR count). The summed E-state index contributed by atoms with van der Waals surface area (Å²) < 4.78 is 33.2. The molecule has 3 aromatic rings. The maximum Gasteiger partial charge on any atom is 0.337 e. The second-order valence-corrected chi connectivity index (χ2v) is 13.3. The number of allylic oxidation sites excluding steroid dienone is 2. The van der Waals surface area contributed by atoms with Gasteiger partial charge in [-0.1, -0.05) is 66.2 Å². The van der Waals surface area contributed by atoms with Crippen LogP contribution in [0.25, 0.3) is 5.70 Å². The molecule has 1 atom stereocenters. The molecule has 0 bridgehead atoms. The van der Waals surface area contributed by atoms with E-state index < -0.39 is 21.7 Å². The molecular weight excluding hydrogens is 552 g/mol. The first-order valence-corrected chi connectivity index (χ1v) is 15.9. The Bertz CT molecular complexity index is 1500. The van der Waals surface area contributed by atoms with Crippen LogP contribution in [0, 0.1) is 0 Å². The molecular formula is C30H31ClN2O4S2. The zero-order valence-corrected chi connectivity index (χ0v) is 24.1. The third-order valence-corrected chi connectivity index (χ3v) is 10.2. The second kappa shape index (κ2) is 12.1. The molecule has 0 radical (unpaired) electrons. The maximum absolute atomic E-state index is 13.9. The molecule has 2 aliphatic rings. The number of nitrogens with zero attached hydrogens (tertiary/aromatic N) is 1. The molecule has 6 nitrogen and oxygen atoms in total. The van der Waals surface area contributed by atoms with Gasteiger partial charge in [-0.15, -0.1) is 11.3 Å². The van der Waals surface area contributed by atoms with E-state index in [1.807, 2.05) is 54.9 Å². The Kier molecular flexibility index (Phi) is 8.57. The minimum atomic E-state index is -3.66. The number of esters is 1. The van der Waals surface area contributed by atoms with Gasteiger partial charge in [0.15, 0.2) is 9.84 Å². The summed E-state index contributed by atoms with van der Waals surface area (Å²) in [5, 5.41) is 5.82. The normalized spacial score (nSPS) is 18.9. The molecule has 1 unspecified atom stereocenters. The van der Waals surface area contributed by atoms with Gasteiger partial charge in [-0.2, -0.15) is 0 Å². The average molecular weight is 583 g/mol. The molecule has 1 aromatic heterocycles. The summed E-state index contributed by atoms with van der Waals surface area (Å²) in [6, 6.07) is 20.7. The van der Waals surface area contributed by atoms with Crippen LogP contribution in [0.3, 0.4) is 0 Å².